The summed E-state index contributed by atoms with van der Waals surface area (Å²) in [7, 11) is 2.03. The van der Waals surface area contributed by atoms with Crippen molar-refractivity contribution in [3.05, 3.63) is 90.8 Å². The first-order chi connectivity index (χ1) is 17.7. The molecular weight excluding hydrogens is 468 g/mol. The lowest BCUT2D eigenvalue weighted by atomic mass is 10.1. The number of furan rings is 1. The zero-order valence-corrected chi connectivity index (χ0v) is 20.0. The van der Waals surface area contributed by atoms with Gasteiger partial charge in [-0.15, -0.1) is 11.3 Å². The molecule has 0 unspecified atom stereocenters. The molecule has 8 aromatic rings. The molecule has 36 heavy (non-hydrogen) atoms. The van der Waals surface area contributed by atoms with Gasteiger partial charge < -0.3 is 13.4 Å². The molecule has 8 rings (SSSR count). The van der Waals surface area contributed by atoms with E-state index >= 15 is 0 Å². The third kappa shape index (κ3) is 2.71. The molecule has 6 aromatic heterocycles. The topological polar surface area (TPSA) is 61.9 Å². The highest BCUT2D eigenvalue weighted by Gasteiger charge is 2.22. The summed E-state index contributed by atoms with van der Waals surface area (Å²) >= 11 is 1.72. The molecular formula is C29H18N4O2S. The van der Waals surface area contributed by atoms with Gasteiger partial charge in [0.05, 0.1) is 21.3 Å². The number of nitrogens with zero attached hydrogens (tertiary/aromatic N) is 4. The number of hydrogen-bond acceptors (Lipinski definition) is 5. The minimum Gasteiger partial charge on any atom is -0.432 e. The Balaban J connectivity index is 1.42. The number of rotatable bonds is 3. The largest absolute Gasteiger partial charge is 0.432 e. The van der Waals surface area contributed by atoms with E-state index in [0.29, 0.717) is 17.3 Å². The number of benzene rings is 2. The Morgan fingerprint density at radius 1 is 0.833 bits per heavy atom. The van der Waals surface area contributed by atoms with Crippen molar-refractivity contribution in [2.75, 3.05) is 0 Å². The summed E-state index contributed by atoms with van der Waals surface area (Å²) in [5.74, 6) is 0.399. The fourth-order valence-corrected chi connectivity index (χ4v) is 5.96. The Kier molecular flexibility index (Phi) is 3.93. The van der Waals surface area contributed by atoms with E-state index < -0.39 is 0 Å². The van der Waals surface area contributed by atoms with Gasteiger partial charge in [0.2, 0.25) is 0 Å². The van der Waals surface area contributed by atoms with Crippen LogP contribution < -0.4 is 0 Å². The van der Waals surface area contributed by atoms with Gasteiger partial charge in [-0.1, -0.05) is 48.5 Å². The number of aryl methyl sites for hydroxylation is 1. The van der Waals surface area contributed by atoms with Gasteiger partial charge in [0.25, 0.3) is 0 Å². The van der Waals surface area contributed by atoms with Gasteiger partial charge >= 0.3 is 11.8 Å². The second-order valence-corrected chi connectivity index (χ2v) is 9.83. The van der Waals surface area contributed by atoms with Crippen LogP contribution >= 0.6 is 11.3 Å². The van der Waals surface area contributed by atoms with E-state index in [4.69, 9.17) is 18.8 Å². The van der Waals surface area contributed by atoms with Gasteiger partial charge in [0.1, 0.15) is 11.9 Å². The van der Waals surface area contributed by atoms with Crippen molar-refractivity contribution in [1.29, 1.82) is 0 Å². The summed E-state index contributed by atoms with van der Waals surface area (Å²) < 4.78 is 17.2. The minimum absolute atomic E-state index is 0.399. The summed E-state index contributed by atoms with van der Waals surface area (Å²) in [6.45, 7) is 0. The molecule has 0 N–H and O–H groups in total. The molecule has 172 valence electrons. The van der Waals surface area contributed by atoms with Gasteiger partial charge in [-0.3, -0.25) is 0 Å². The maximum Gasteiger partial charge on any atom is 0.320 e. The van der Waals surface area contributed by atoms with E-state index in [2.05, 4.69) is 52.7 Å². The van der Waals surface area contributed by atoms with Gasteiger partial charge in [0, 0.05) is 46.7 Å². The maximum absolute atomic E-state index is 6.19. The quantitative estimate of drug-likeness (QED) is 0.256. The van der Waals surface area contributed by atoms with Crippen molar-refractivity contribution in [2.45, 2.75) is 0 Å². The summed E-state index contributed by atoms with van der Waals surface area (Å²) in [4.78, 5) is 10.1. The molecule has 0 amide bonds. The molecule has 0 spiro atoms. The molecule has 0 aliphatic carbocycles. The molecule has 0 atom stereocenters. The fraction of sp³-hybridized carbons (Fsp3) is 0.0345. The summed E-state index contributed by atoms with van der Waals surface area (Å²) in [5.41, 5.74) is 7.69. The van der Waals surface area contributed by atoms with E-state index in [0.717, 1.165) is 54.4 Å². The normalized spacial score (nSPS) is 12.0. The van der Waals surface area contributed by atoms with E-state index in [1.54, 1.807) is 17.6 Å². The molecule has 0 aliphatic rings. The van der Waals surface area contributed by atoms with E-state index in [1.807, 2.05) is 48.0 Å². The molecule has 0 saturated carbocycles. The van der Waals surface area contributed by atoms with Crippen LogP contribution in [0.3, 0.4) is 0 Å². The predicted octanol–water partition coefficient (Wildman–Crippen LogP) is 7.80. The lowest BCUT2D eigenvalue weighted by Gasteiger charge is -2.02. The van der Waals surface area contributed by atoms with Crippen molar-refractivity contribution in [2.24, 2.45) is 7.05 Å². The number of aromatic nitrogens is 4. The zero-order valence-electron chi connectivity index (χ0n) is 19.2. The number of hydrogen-bond donors (Lipinski definition) is 0. The third-order valence-corrected chi connectivity index (χ3v) is 7.63. The molecule has 0 bridgehead atoms. The predicted molar refractivity (Wildman–Crippen MR) is 144 cm³/mol. The second-order valence-electron chi connectivity index (χ2n) is 8.92. The molecule has 0 saturated heterocycles. The average Bonchev–Trinajstić information content (AvgIpc) is 3.71. The van der Waals surface area contributed by atoms with Crippen LogP contribution in [0.4, 0.5) is 0 Å². The second kappa shape index (κ2) is 7.19. The van der Waals surface area contributed by atoms with Gasteiger partial charge in [-0.25, -0.2) is 9.55 Å². The SMILES string of the molecule is Cn1ccc(-c2csc3cc4c5ccccc5n(-c5nc6c(-c7ccccc7)coc6o5)c4nc23)c1. The minimum atomic E-state index is 0.399. The lowest BCUT2D eigenvalue weighted by Crippen LogP contribution is -1.96. The van der Waals surface area contributed by atoms with Gasteiger partial charge in [-0.05, 0) is 23.8 Å². The Morgan fingerprint density at radius 3 is 2.56 bits per heavy atom. The van der Waals surface area contributed by atoms with Gasteiger partial charge in [-0.2, -0.15) is 4.98 Å². The fourth-order valence-electron chi connectivity index (χ4n) is 5.02. The zero-order chi connectivity index (χ0) is 23.8. The van der Waals surface area contributed by atoms with Crippen LogP contribution in [-0.4, -0.2) is 19.1 Å². The van der Waals surface area contributed by atoms with Gasteiger partial charge in [0.15, 0.2) is 5.52 Å². The van der Waals surface area contributed by atoms with Crippen LogP contribution in [0.2, 0.25) is 0 Å². The van der Waals surface area contributed by atoms with Crippen LogP contribution in [0, 0.1) is 0 Å². The molecule has 0 aliphatic heterocycles. The monoisotopic (exact) mass is 486 g/mol. The first-order valence-electron chi connectivity index (χ1n) is 11.6. The van der Waals surface area contributed by atoms with Crippen LogP contribution in [0.1, 0.15) is 0 Å². The molecule has 0 fully saturated rings. The van der Waals surface area contributed by atoms with Crippen LogP contribution in [0.15, 0.2) is 99.6 Å². The summed E-state index contributed by atoms with van der Waals surface area (Å²) in [6, 6.07) is 23.1. The standard InChI is InChI=1S/C29H18N4O2S/c1-32-12-11-18(14-32)22-16-36-24-13-20-19-9-5-6-10-23(19)33(27(20)30-25(22)24)29-31-26-21(15-34-28(26)35-29)17-7-3-2-4-8-17/h2-16H,1H3. The smallest absolute Gasteiger partial charge is 0.320 e. The molecule has 0 radical (unpaired) electrons. The molecule has 7 heteroatoms. The maximum atomic E-state index is 6.19. The average molecular weight is 487 g/mol. The Morgan fingerprint density at radius 2 is 1.69 bits per heavy atom. The summed E-state index contributed by atoms with van der Waals surface area (Å²) in [5, 5.41) is 4.36. The van der Waals surface area contributed by atoms with Crippen molar-refractivity contribution in [3.63, 3.8) is 0 Å². The third-order valence-electron chi connectivity index (χ3n) is 6.72. The highest BCUT2D eigenvalue weighted by molar-refractivity contribution is 7.17. The van der Waals surface area contributed by atoms with Crippen LogP contribution in [0.5, 0.6) is 0 Å². The summed E-state index contributed by atoms with van der Waals surface area (Å²) in [6.07, 6.45) is 5.88. The van der Waals surface area contributed by atoms with E-state index in [-0.39, 0.29) is 0 Å². The number of pyridine rings is 1. The van der Waals surface area contributed by atoms with Crippen molar-refractivity contribution in [3.8, 4) is 28.3 Å². The first kappa shape index (κ1) is 19.7. The molecule has 6 nitrogen and oxygen atoms in total. The highest BCUT2D eigenvalue weighted by atomic mass is 32.1. The molecule has 6 heterocycles. The number of thiophene rings is 1. The van der Waals surface area contributed by atoms with E-state index in [1.165, 1.54) is 0 Å². The number of para-hydroxylation sites is 1. The van der Waals surface area contributed by atoms with Crippen molar-refractivity contribution >= 4 is 54.8 Å². The van der Waals surface area contributed by atoms with Crippen LogP contribution in [0.25, 0.3) is 71.7 Å². The first-order valence-corrected chi connectivity index (χ1v) is 12.5. The Bertz CT molecular complexity index is 2070. The number of oxazole rings is 1. The van der Waals surface area contributed by atoms with E-state index in [9.17, 15) is 0 Å². The number of fused-ring (bicyclic) bond motifs is 5. The highest BCUT2D eigenvalue weighted by Crippen LogP contribution is 2.39. The Labute approximate surface area is 208 Å². The lowest BCUT2D eigenvalue weighted by molar-refractivity contribution is 0.465. The Hall–Kier alpha value is -4.62. The van der Waals surface area contributed by atoms with Crippen molar-refractivity contribution in [1.82, 2.24) is 19.1 Å². The molecule has 2 aromatic carbocycles. The van der Waals surface area contributed by atoms with Crippen molar-refractivity contribution < 1.29 is 8.83 Å². The van der Waals surface area contributed by atoms with Crippen LogP contribution in [-0.2, 0) is 7.05 Å².